The Kier molecular flexibility index (Phi) is 21.8. The van der Waals surface area contributed by atoms with E-state index in [1.54, 1.807) is 76.5 Å². The van der Waals surface area contributed by atoms with E-state index >= 15 is 0 Å². The van der Waals surface area contributed by atoms with Crippen LogP contribution in [0.5, 0.6) is 0 Å². The molecular weight excluding hydrogens is 1510 g/mol. The minimum Gasteiger partial charge on any atom is -0.395 e. The molecule has 0 spiro atoms. The predicted octanol–water partition coefficient (Wildman–Crippen LogP) is 9.01. The molecule has 0 amide bonds. The van der Waals surface area contributed by atoms with Gasteiger partial charge in [-0.05, 0) is 179 Å². The molecule has 16 aromatic rings. The van der Waals surface area contributed by atoms with E-state index in [0.717, 1.165) is 147 Å². The van der Waals surface area contributed by atoms with E-state index in [2.05, 4.69) is 123 Å². The van der Waals surface area contributed by atoms with E-state index in [1.807, 2.05) is 130 Å². The number of halogens is 1. The molecule has 0 saturated carbocycles. The number of hydrogen-bond acceptors (Lipinski definition) is 22. The largest absolute Gasteiger partial charge is 0.395 e. The van der Waals surface area contributed by atoms with Crippen molar-refractivity contribution in [1.29, 1.82) is 0 Å². The van der Waals surface area contributed by atoms with Crippen molar-refractivity contribution in [3.8, 4) is 45.3 Å². The molecule has 0 aliphatic carbocycles. The molecule has 3 atom stereocenters. The first-order chi connectivity index (χ1) is 57.4. The molecule has 4 aliphatic heterocycles. The Labute approximate surface area is 684 Å². The van der Waals surface area contributed by atoms with E-state index < -0.39 is 5.82 Å². The Bertz CT molecular complexity index is 6770. The number of piperidine rings is 1. The van der Waals surface area contributed by atoms with E-state index in [1.165, 1.54) is 28.5 Å². The number of aliphatic hydroxyl groups is 1. The van der Waals surface area contributed by atoms with Gasteiger partial charge in [-0.25, -0.2) is 43.3 Å². The molecule has 4 fully saturated rings. The van der Waals surface area contributed by atoms with Crippen LogP contribution in [-0.4, -0.2) is 224 Å². The Hall–Kier alpha value is -12.8. The third kappa shape index (κ3) is 16.8. The number of nitrogens with one attached hydrogen (secondary N) is 1. The number of nitrogens with zero attached hydrogens (tertiary/aromatic N) is 24. The lowest BCUT2D eigenvalue weighted by Gasteiger charge is -2.35. The maximum absolute atomic E-state index is 14.5. The van der Waals surface area contributed by atoms with Gasteiger partial charge in [0.2, 0.25) is 0 Å². The number of aromatic nitrogens is 18. The summed E-state index contributed by atoms with van der Waals surface area (Å²) in [5, 5.41) is 21.9. The first-order valence-electron chi connectivity index (χ1n) is 40.5. The number of piperazine rings is 2. The summed E-state index contributed by atoms with van der Waals surface area (Å²) < 4.78 is 28.1. The van der Waals surface area contributed by atoms with Gasteiger partial charge in [0.25, 0.3) is 22.2 Å². The number of hydrogen-bond donors (Lipinski definition) is 2. The van der Waals surface area contributed by atoms with Gasteiger partial charge < -0.3 is 43.7 Å². The second-order valence-electron chi connectivity index (χ2n) is 32.3. The fraction of sp³-hybridized carbons (Fsp3) is 0.341. The van der Waals surface area contributed by atoms with Crippen molar-refractivity contribution in [2.75, 3.05) is 121 Å². The van der Waals surface area contributed by atoms with Crippen molar-refractivity contribution in [2.45, 2.75) is 85.7 Å². The number of pyridine rings is 6. The standard InChI is InChI=1S/C23H27N7O.C23H26N6O.C22H23FN6O2.C20H20N6O/c1-15-11-30-21(16(2)24-15)9-20(26-30)19-10-23(31)29-14-18(5-6-22(29)25-19)28-8-7-17(13-28)12-27(3)4;1-13-7-18(8-14(2)24-13)17-5-6-22-26-19(10-23(30)28(22)12-17)20-9-21-16(4)25-15(3)11-29(21)27-20;1-15-12-28-13-16(10-18(23)22(28)24-15)19-11-21(31)29-14-17(2-3-20(29)25-19)27-6-4-26(5-7-27)8-9-30;1-23-8-10-24(11-9-23)16-3-5-19-22-17(12-20(27)26(19)14-16)15-2-4-18-21-6-7-25(18)13-15/h5-6,9-11,14,17H,7-8,12-13H2,1-4H3;5-6,9-14,18,24H,7-8H2,1-4H3;2-3,10-14,30H,4-9H2,1H3;2-7,12-14H,8-11H2,1H3/t17-;13-,14-;;/m10../s1. The van der Waals surface area contributed by atoms with Crippen LogP contribution in [0.3, 0.4) is 0 Å². The van der Waals surface area contributed by atoms with Crippen molar-refractivity contribution < 1.29 is 9.50 Å². The lowest BCUT2D eigenvalue weighted by Crippen LogP contribution is -2.47. The average Bonchev–Trinajstić information content (AvgIpc) is 1.69. The minimum atomic E-state index is -0.455. The summed E-state index contributed by atoms with van der Waals surface area (Å²) in [6, 6.07) is 32.0. The van der Waals surface area contributed by atoms with Gasteiger partial charge >= 0.3 is 0 Å². The van der Waals surface area contributed by atoms with Crippen LogP contribution < -0.4 is 42.3 Å². The molecule has 119 heavy (non-hydrogen) atoms. The highest BCUT2D eigenvalue weighted by molar-refractivity contribution is 5.70. The maximum atomic E-state index is 14.5. The van der Waals surface area contributed by atoms with Gasteiger partial charge in [0, 0.05) is 182 Å². The maximum Gasteiger partial charge on any atom is 0.258 e. The molecule has 30 nitrogen and oxygen atoms in total. The number of anilines is 3. The predicted molar refractivity (Wildman–Crippen MR) is 460 cm³/mol. The lowest BCUT2D eigenvalue weighted by atomic mass is 9.84. The van der Waals surface area contributed by atoms with Crippen LogP contribution in [0.25, 0.3) is 90.2 Å². The van der Waals surface area contributed by atoms with Crippen molar-refractivity contribution in [1.82, 2.24) is 106 Å². The molecule has 31 heteroatoms. The van der Waals surface area contributed by atoms with Gasteiger partial charge in [-0.15, -0.1) is 0 Å². The second-order valence-corrected chi connectivity index (χ2v) is 32.3. The number of imidazole rings is 2. The quantitative estimate of drug-likeness (QED) is 0.115. The topological polar surface area (TPSA) is 284 Å². The van der Waals surface area contributed by atoms with E-state index in [-0.39, 0.29) is 34.5 Å². The lowest BCUT2D eigenvalue weighted by molar-refractivity contribution is 0.189. The van der Waals surface area contributed by atoms with E-state index in [0.29, 0.717) is 98.5 Å². The zero-order valence-electron chi connectivity index (χ0n) is 68.5. The summed E-state index contributed by atoms with van der Waals surface area (Å²) in [5.74, 6) is 0.646. The highest BCUT2D eigenvalue weighted by Crippen LogP contribution is 2.32. The first-order valence-corrected chi connectivity index (χ1v) is 40.5. The number of aryl methyl sites for hydroxylation is 5. The fourth-order valence-electron chi connectivity index (χ4n) is 17.0. The van der Waals surface area contributed by atoms with Crippen molar-refractivity contribution in [2.24, 2.45) is 5.92 Å². The van der Waals surface area contributed by atoms with Crippen LogP contribution in [0, 0.1) is 46.4 Å². The summed E-state index contributed by atoms with van der Waals surface area (Å²) in [6.45, 7) is 25.4. The molecule has 0 bridgehead atoms. The number of aliphatic hydroxyl groups excluding tert-OH is 1. The molecule has 0 radical (unpaired) electrons. The van der Waals surface area contributed by atoms with Crippen LogP contribution in [0.4, 0.5) is 21.5 Å². The number of fused-ring (bicyclic) bond motifs is 8. The van der Waals surface area contributed by atoms with Crippen LogP contribution in [0.15, 0.2) is 190 Å². The third-order valence-corrected chi connectivity index (χ3v) is 22.9. The summed E-state index contributed by atoms with van der Waals surface area (Å²) >= 11 is 0. The Morgan fingerprint density at radius 1 is 0.479 bits per heavy atom. The average molecular weight is 1600 g/mol. The normalized spacial score (nSPS) is 17.5. The molecule has 0 unspecified atom stereocenters. The SMILES string of the molecule is CN1CCN(c2ccc3nc(-c4ccc5nccn5c4)cc(=O)n3c2)CC1.Cc1cn2cc(-c3cc(=O)n4cc(N5CCN(CCO)CC5)ccc4n3)cc(F)c2n1.Cc1cn2nc(-c3cc(=O)n4cc(C5C[C@H](C)N[C@@H](C)C5)ccc4n3)cc2c(C)n1.Cc1cn2nc(-c3cc(=O)n4cc(N5CC[C@H](CN(C)C)C5)ccc4n3)cc2c(C)n1. The van der Waals surface area contributed by atoms with Crippen LogP contribution >= 0.6 is 0 Å². The Morgan fingerprint density at radius 3 is 1.50 bits per heavy atom. The number of β-amino-alcohol motifs (C(OH)–C–C–N with tert-alkyl or cyclic N) is 1. The highest BCUT2D eigenvalue weighted by Gasteiger charge is 2.28. The smallest absolute Gasteiger partial charge is 0.258 e. The summed E-state index contributed by atoms with van der Waals surface area (Å²) in [4.78, 5) is 101. The molecule has 610 valence electrons. The third-order valence-electron chi connectivity index (χ3n) is 22.9. The van der Waals surface area contributed by atoms with Gasteiger partial charge in [-0.2, -0.15) is 10.2 Å². The fourth-order valence-corrected chi connectivity index (χ4v) is 17.0. The highest BCUT2D eigenvalue weighted by atomic mass is 19.1. The zero-order valence-corrected chi connectivity index (χ0v) is 68.5. The van der Waals surface area contributed by atoms with Crippen molar-refractivity contribution >= 4 is 62.0 Å². The summed E-state index contributed by atoms with van der Waals surface area (Å²) in [6.07, 6.45) is 23.7. The Morgan fingerprint density at radius 2 is 0.958 bits per heavy atom. The molecule has 4 saturated heterocycles. The molecular formula is C88H96FN25O5. The molecule has 0 aromatic carbocycles. The van der Waals surface area contributed by atoms with Crippen LogP contribution in [0.1, 0.15) is 73.1 Å². The molecule has 2 N–H and O–H groups in total. The van der Waals surface area contributed by atoms with E-state index in [9.17, 15) is 23.6 Å². The number of likely N-dealkylation sites (N-methyl/N-ethyl adjacent to an activating group) is 1. The van der Waals surface area contributed by atoms with Crippen LogP contribution in [0.2, 0.25) is 0 Å². The molecule has 4 aliphatic rings. The second kappa shape index (κ2) is 32.9. The van der Waals surface area contributed by atoms with Gasteiger partial charge in [-0.1, -0.05) is 6.07 Å². The minimum absolute atomic E-state index is 0.0725. The van der Waals surface area contributed by atoms with Crippen molar-refractivity contribution in [3.05, 3.63) is 253 Å². The molecule has 20 heterocycles. The molecule has 20 rings (SSSR count). The zero-order chi connectivity index (χ0) is 82.6. The van der Waals surface area contributed by atoms with Gasteiger partial charge in [0.15, 0.2) is 11.5 Å². The molecule has 16 aromatic heterocycles. The van der Waals surface area contributed by atoms with Gasteiger partial charge in [0.1, 0.15) is 39.6 Å². The van der Waals surface area contributed by atoms with E-state index in [4.69, 9.17) is 20.1 Å². The summed E-state index contributed by atoms with van der Waals surface area (Å²) in [7, 11) is 6.36. The van der Waals surface area contributed by atoms with Gasteiger partial charge in [0.05, 0.1) is 98.3 Å². The number of rotatable bonds is 12. The summed E-state index contributed by atoms with van der Waals surface area (Å²) in [5.41, 5.74) is 18.5. The van der Waals surface area contributed by atoms with Gasteiger partial charge in [-0.3, -0.25) is 51.6 Å². The van der Waals surface area contributed by atoms with Crippen molar-refractivity contribution in [3.63, 3.8) is 0 Å². The monoisotopic (exact) mass is 1600 g/mol. The Balaban J connectivity index is 0.000000114. The van der Waals surface area contributed by atoms with Crippen LogP contribution in [-0.2, 0) is 0 Å². The first kappa shape index (κ1) is 78.7.